The molecule has 4 aliphatic heterocycles. The Morgan fingerprint density at radius 1 is 1.00 bits per heavy atom. The lowest BCUT2D eigenvalue weighted by Crippen LogP contribution is -2.65. The van der Waals surface area contributed by atoms with Crippen molar-refractivity contribution in [3.63, 3.8) is 0 Å². The van der Waals surface area contributed by atoms with Crippen molar-refractivity contribution in [2.75, 3.05) is 19.6 Å². The first kappa shape index (κ1) is 17.2. The first-order chi connectivity index (χ1) is 13.2. The summed E-state index contributed by atoms with van der Waals surface area (Å²) in [6.07, 6.45) is 6.01. The van der Waals surface area contributed by atoms with Gasteiger partial charge in [0.1, 0.15) is 6.10 Å². The quantitative estimate of drug-likeness (QED) is 0.753. The second-order valence-electron chi connectivity index (χ2n) is 8.74. The molecule has 27 heavy (non-hydrogen) atoms. The van der Waals surface area contributed by atoms with Crippen LogP contribution in [0.15, 0.2) is 30.3 Å². The highest BCUT2D eigenvalue weighted by Crippen LogP contribution is 2.43. The van der Waals surface area contributed by atoms with Crippen molar-refractivity contribution in [3.05, 3.63) is 35.9 Å². The Bertz CT molecular complexity index is 722. The van der Waals surface area contributed by atoms with Gasteiger partial charge in [0.25, 0.3) is 0 Å². The Kier molecular flexibility index (Phi) is 4.43. The number of esters is 1. The van der Waals surface area contributed by atoms with Gasteiger partial charge in [-0.2, -0.15) is 0 Å². The number of ether oxygens (including phenoxy) is 1. The average molecular weight is 368 g/mol. The first-order valence-electron chi connectivity index (χ1n) is 10.5. The normalized spacial score (nSPS) is 35.9. The Morgan fingerprint density at radius 3 is 2.67 bits per heavy atom. The lowest BCUT2D eigenvalue weighted by Gasteiger charge is -2.57. The lowest BCUT2D eigenvalue weighted by molar-refractivity contribution is -0.150. The lowest BCUT2D eigenvalue weighted by atomic mass is 9.70. The van der Waals surface area contributed by atoms with Gasteiger partial charge in [-0.25, -0.2) is 4.79 Å². The molecular formula is C22H28N2O3. The number of carbonyl (C=O) groups excluding carboxylic acids is 2. The molecule has 0 saturated carbocycles. The van der Waals surface area contributed by atoms with Crippen LogP contribution in [0.3, 0.4) is 0 Å². The van der Waals surface area contributed by atoms with Crippen molar-refractivity contribution in [1.82, 2.24) is 9.80 Å². The van der Waals surface area contributed by atoms with E-state index in [9.17, 15) is 9.59 Å². The van der Waals surface area contributed by atoms with Crippen LogP contribution in [-0.2, 0) is 9.53 Å². The summed E-state index contributed by atoms with van der Waals surface area (Å²) in [5.41, 5.74) is 0.628. The summed E-state index contributed by atoms with van der Waals surface area (Å²) in [7, 11) is 0. The molecule has 0 radical (unpaired) electrons. The van der Waals surface area contributed by atoms with Crippen LogP contribution in [0.4, 0.5) is 0 Å². The van der Waals surface area contributed by atoms with Crippen LogP contribution in [0, 0.1) is 11.8 Å². The zero-order chi connectivity index (χ0) is 18.4. The minimum absolute atomic E-state index is 0.00899. The summed E-state index contributed by atoms with van der Waals surface area (Å²) in [5.74, 6) is 1.31. The minimum Gasteiger partial charge on any atom is -0.459 e. The summed E-state index contributed by atoms with van der Waals surface area (Å²) >= 11 is 0. The molecule has 0 spiro atoms. The molecule has 1 amide bonds. The predicted molar refractivity (Wildman–Crippen MR) is 101 cm³/mol. The summed E-state index contributed by atoms with van der Waals surface area (Å²) in [5, 5.41) is 0. The zero-order valence-corrected chi connectivity index (χ0v) is 15.8. The van der Waals surface area contributed by atoms with Crippen LogP contribution >= 0.6 is 0 Å². The fraction of sp³-hybridized carbons (Fsp3) is 0.636. The average Bonchev–Trinajstić information content (AvgIpc) is 2.70. The van der Waals surface area contributed by atoms with Crippen molar-refractivity contribution in [1.29, 1.82) is 0 Å². The molecule has 5 heteroatoms. The van der Waals surface area contributed by atoms with Crippen LogP contribution in [0.2, 0.25) is 0 Å². The molecule has 5 rings (SSSR count). The van der Waals surface area contributed by atoms with Crippen LogP contribution in [0.1, 0.15) is 48.9 Å². The van der Waals surface area contributed by atoms with Crippen molar-refractivity contribution in [2.24, 2.45) is 11.8 Å². The Balaban J connectivity index is 1.27. The molecule has 4 aliphatic rings. The molecule has 1 aromatic rings. The second-order valence-corrected chi connectivity index (χ2v) is 8.74. The van der Waals surface area contributed by atoms with Crippen molar-refractivity contribution in [3.8, 4) is 0 Å². The third kappa shape index (κ3) is 3.16. The molecule has 5 atom stereocenters. The number of fused-ring (bicyclic) bond motifs is 6. The highest BCUT2D eigenvalue weighted by molar-refractivity contribution is 5.89. The molecule has 144 valence electrons. The summed E-state index contributed by atoms with van der Waals surface area (Å²) in [6.45, 7) is 3.01. The number of piperidine rings is 4. The standard InChI is InChI=1S/C22H28N2O3/c25-21-8-4-7-19-16-11-17(14-24(19)21)20-12-18(9-10-23(20)13-16)27-22(26)15-5-2-1-3-6-15/h1-3,5-6,16-20H,4,7-14H2/t16-,17-,18-,19-,20+/m0/s1. The largest absolute Gasteiger partial charge is 0.459 e. The number of amides is 1. The maximum absolute atomic E-state index is 12.4. The molecule has 5 nitrogen and oxygen atoms in total. The minimum atomic E-state index is -0.211. The van der Waals surface area contributed by atoms with Gasteiger partial charge < -0.3 is 9.64 Å². The van der Waals surface area contributed by atoms with Crippen molar-refractivity contribution in [2.45, 2.75) is 56.7 Å². The third-order valence-electron chi connectivity index (χ3n) is 7.20. The molecule has 1 aromatic carbocycles. The highest BCUT2D eigenvalue weighted by Gasteiger charge is 2.49. The number of hydrogen-bond donors (Lipinski definition) is 0. The van der Waals surface area contributed by atoms with Crippen molar-refractivity contribution >= 4 is 11.9 Å². The number of carbonyl (C=O) groups is 2. The Hall–Kier alpha value is -1.88. The van der Waals surface area contributed by atoms with Crippen LogP contribution in [0.5, 0.6) is 0 Å². The van der Waals surface area contributed by atoms with Gasteiger partial charge in [-0.3, -0.25) is 9.69 Å². The number of nitrogens with zero attached hydrogens (tertiary/aromatic N) is 2. The molecule has 0 unspecified atom stereocenters. The van der Waals surface area contributed by atoms with Crippen molar-refractivity contribution < 1.29 is 14.3 Å². The molecule has 0 aliphatic carbocycles. The maximum atomic E-state index is 12.4. The van der Waals surface area contributed by atoms with E-state index in [1.54, 1.807) is 0 Å². The summed E-state index contributed by atoms with van der Waals surface area (Å²) in [4.78, 5) is 29.7. The van der Waals surface area contributed by atoms with Gasteiger partial charge in [-0.05, 0) is 49.7 Å². The van der Waals surface area contributed by atoms with Crippen LogP contribution < -0.4 is 0 Å². The van der Waals surface area contributed by atoms with E-state index in [4.69, 9.17) is 4.74 Å². The molecular weight excluding hydrogens is 340 g/mol. The van der Waals surface area contributed by atoms with E-state index in [1.165, 1.54) is 12.8 Å². The second kappa shape index (κ2) is 6.93. The predicted octanol–water partition coefficient (Wildman–Crippen LogP) is 2.71. The van der Waals surface area contributed by atoms with Gasteiger partial charge >= 0.3 is 5.97 Å². The Morgan fingerprint density at radius 2 is 1.81 bits per heavy atom. The van der Waals surface area contributed by atoms with E-state index >= 15 is 0 Å². The molecule has 0 aromatic heterocycles. The molecule has 4 heterocycles. The van der Waals surface area contributed by atoms with E-state index in [0.717, 1.165) is 45.3 Å². The Labute approximate surface area is 160 Å². The molecule has 4 saturated heterocycles. The van der Waals surface area contributed by atoms with E-state index in [0.29, 0.717) is 35.4 Å². The fourth-order valence-electron chi connectivity index (χ4n) is 5.95. The van der Waals surface area contributed by atoms with Gasteiger partial charge in [-0.1, -0.05) is 18.2 Å². The van der Waals surface area contributed by atoms with Gasteiger partial charge in [0.15, 0.2) is 0 Å². The SMILES string of the molecule is O=C(O[C@H]1CCN2C[C@@H]3C[C@@H](CN4C(=O)CCC[C@@H]34)[C@H]2C1)c1ccccc1. The molecule has 2 bridgehead atoms. The van der Waals surface area contributed by atoms with Gasteiger partial charge in [0.2, 0.25) is 5.91 Å². The number of hydrogen-bond acceptors (Lipinski definition) is 4. The maximum Gasteiger partial charge on any atom is 0.338 e. The van der Waals surface area contributed by atoms with E-state index in [-0.39, 0.29) is 12.1 Å². The smallest absolute Gasteiger partial charge is 0.338 e. The topological polar surface area (TPSA) is 49.9 Å². The molecule has 0 N–H and O–H groups in total. The highest BCUT2D eigenvalue weighted by atomic mass is 16.5. The third-order valence-corrected chi connectivity index (χ3v) is 7.20. The van der Waals surface area contributed by atoms with Gasteiger partial charge in [0.05, 0.1) is 5.56 Å². The number of rotatable bonds is 2. The number of benzene rings is 1. The fourth-order valence-corrected chi connectivity index (χ4v) is 5.95. The van der Waals surface area contributed by atoms with Gasteiger partial charge in [0, 0.05) is 44.6 Å². The van der Waals surface area contributed by atoms with E-state index < -0.39 is 0 Å². The van der Waals surface area contributed by atoms with E-state index in [1.807, 2.05) is 30.3 Å². The first-order valence-corrected chi connectivity index (χ1v) is 10.5. The van der Waals surface area contributed by atoms with Gasteiger partial charge in [-0.15, -0.1) is 0 Å². The summed E-state index contributed by atoms with van der Waals surface area (Å²) in [6, 6.07) is 10.2. The monoisotopic (exact) mass is 368 g/mol. The van der Waals surface area contributed by atoms with E-state index in [2.05, 4.69) is 9.80 Å². The zero-order valence-electron chi connectivity index (χ0n) is 15.8. The van der Waals surface area contributed by atoms with Crippen LogP contribution in [0.25, 0.3) is 0 Å². The summed E-state index contributed by atoms with van der Waals surface area (Å²) < 4.78 is 5.85. The molecule has 4 fully saturated rings. The van der Waals surface area contributed by atoms with Crippen LogP contribution in [-0.4, -0.2) is 59.5 Å².